The lowest BCUT2D eigenvalue weighted by atomic mass is 10.2. The summed E-state index contributed by atoms with van der Waals surface area (Å²) in [6.07, 6.45) is 0.898. The maximum atomic E-state index is 11.3. The molecule has 0 aliphatic carbocycles. The summed E-state index contributed by atoms with van der Waals surface area (Å²) >= 11 is 0. The molecule has 6 heteroatoms. The van der Waals surface area contributed by atoms with Crippen LogP contribution in [0.4, 0.5) is 0 Å². The monoisotopic (exact) mass is 257 g/mol. The second-order valence-corrected chi connectivity index (χ2v) is 6.13. The van der Waals surface area contributed by atoms with Crippen molar-refractivity contribution in [2.75, 3.05) is 26.5 Å². The smallest absolute Gasteiger partial charge is 0.211 e. The minimum Gasteiger partial charge on any atom is -0.486 e. The van der Waals surface area contributed by atoms with Gasteiger partial charge >= 0.3 is 0 Å². The summed E-state index contributed by atoms with van der Waals surface area (Å²) in [4.78, 5) is 0. The van der Waals surface area contributed by atoms with Gasteiger partial charge in [0, 0.05) is 7.05 Å². The molecule has 0 radical (unpaired) electrons. The van der Waals surface area contributed by atoms with Gasteiger partial charge in [-0.05, 0) is 12.1 Å². The number of rotatable bonds is 3. The van der Waals surface area contributed by atoms with Crippen molar-refractivity contribution in [3.63, 3.8) is 0 Å². The normalized spacial score (nSPS) is 19.4. The molecule has 0 saturated heterocycles. The first-order valence-electron chi connectivity index (χ1n) is 5.26. The third-order valence-electron chi connectivity index (χ3n) is 2.59. The van der Waals surface area contributed by atoms with E-state index in [1.165, 1.54) is 17.6 Å². The van der Waals surface area contributed by atoms with E-state index in [1.54, 1.807) is 0 Å². The van der Waals surface area contributed by atoms with Crippen molar-refractivity contribution in [2.24, 2.45) is 0 Å². The number of likely N-dealkylation sites (N-methyl/N-ethyl adjacent to an activating group) is 1. The Morgan fingerprint density at radius 1 is 1.35 bits per heavy atom. The molecule has 0 spiro atoms. The highest BCUT2D eigenvalue weighted by molar-refractivity contribution is 7.88. The van der Waals surface area contributed by atoms with Gasteiger partial charge in [-0.15, -0.1) is 0 Å². The molecule has 2 rings (SSSR count). The summed E-state index contributed by atoms with van der Waals surface area (Å²) in [7, 11) is -1.65. The molecule has 1 heterocycles. The molecule has 1 aromatic carbocycles. The second-order valence-electron chi connectivity index (χ2n) is 4.04. The summed E-state index contributed by atoms with van der Waals surface area (Å²) in [6.45, 7) is 0.643. The molecule has 0 aromatic heterocycles. The van der Waals surface area contributed by atoms with Crippen molar-refractivity contribution in [3.8, 4) is 11.5 Å². The van der Waals surface area contributed by atoms with Crippen molar-refractivity contribution < 1.29 is 17.9 Å². The number of nitrogens with zero attached hydrogens (tertiary/aromatic N) is 1. The molecule has 1 unspecified atom stereocenters. The number of hydrogen-bond donors (Lipinski definition) is 0. The predicted molar refractivity (Wildman–Crippen MR) is 63.8 cm³/mol. The number of benzene rings is 1. The summed E-state index contributed by atoms with van der Waals surface area (Å²) in [5.74, 6) is 1.36. The van der Waals surface area contributed by atoms with Gasteiger partial charge in [-0.2, -0.15) is 0 Å². The molecule has 0 N–H and O–H groups in total. The Morgan fingerprint density at radius 3 is 2.65 bits per heavy atom. The van der Waals surface area contributed by atoms with E-state index in [9.17, 15) is 8.42 Å². The Bertz CT molecular complexity index is 500. The zero-order valence-corrected chi connectivity index (χ0v) is 10.6. The summed E-state index contributed by atoms with van der Waals surface area (Å²) in [6, 6.07) is 7.35. The van der Waals surface area contributed by atoms with Gasteiger partial charge in [0.05, 0.1) is 12.8 Å². The van der Waals surface area contributed by atoms with E-state index in [0.717, 1.165) is 0 Å². The largest absolute Gasteiger partial charge is 0.486 e. The molecule has 17 heavy (non-hydrogen) atoms. The number of hydrogen-bond acceptors (Lipinski definition) is 4. The van der Waals surface area contributed by atoms with Gasteiger partial charge in [-0.1, -0.05) is 12.1 Å². The zero-order valence-electron chi connectivity index (χ0n) is 9.79. The van der Waals surface area contributed by atoms with Gasteiger partial charge in [0.1, 0.15) is 12.7 Å². The minimum atomic E-state index is -3.18. The molecule has 1 aromatic rings. The summed E-state index contributed by atoms with van der Waals surface area (Å²) in [5, 5.41) is 0. The third-order valence-corrected chi connectivity index (χ3v) is 3.88. The highest BCUT2D eigenvalue weighted by Gasteiger charge is 2.24. The predicted octanol–water partition coefficient (Wildman–Crippen LogP) is 0.718. The molecule has 1 aliphatic heterocycles. The van der Waals surface area contributed by atoms with Crippen molar-refractivity contribution in [1.29, 1.82) is 0 Å². The fraction of sp³-hybridized carbons (Fsp3) is 0.455. The fourth-order valence-electron chi connectivity index (χ4n) is 1.58. The number of sulfonamides is 1. The Kier molecular flexibility index (Phi) is 3.26. The Labute approximate surface area is 101 Å². The highest BCUT2D eigenvalue weighted by Crippen LogP contribution is 2.30. The summed E-state index contributed by atoms with van der Waals surface area (Å²) in [5.41, 5.74) is 0. The van der Waals surface area contributed by atoms with Crippen LogP contribution in [0.2, 0.25) is 0 Å². The van der Waals surface area contributed by atoms with Crippen molar-refractivity contribution >= 4 is 10.0 Å². The van der Waals surface area contributed by atoms with Crippen LogP contribution in [-0.2, 0) is 10.0 Å². The van der Waals surface area contributed by atoms with Crippen molar-refractivity contribution in [3.05, 3.63) is 24.3 Å². The van der Waals surface area contributed by atoms with Crippen LogP contribution < -0.4 is 9.47 Å². The van der Waals surface area contributed by atoms with Crippen LogP contribution in [0.15, 0.2) is 24.3 Å². The Hall–Kier alpha value is -1.27. The average Bonchev–Trinajstić information content (AvgIpc) is 2.27. The van der Waals surface area contributed by atoms with Gasteiger partial charge in [-0.3, -0.25) is 0 Å². The third kappa shape index (κ3) is 2.89. The van der Waals surface area contributed by atoms with Crippen LogP contribution in [0.3, 0.4) is 0 Å². The Morgan fingerprint density at radius 2 is 2.00 bits per heavy atom. The van der Waals surface area contributed by atoms with Gasteiger partial charge in [0.25, 0.3) is 0 Å². The van der Waals surface area contributed by atoms with Crippen LogP contribution in [0, 0.1) is 0 Å². The quantitative estimate of drug-likeness (QED) is 0.800. The topological polar surface area (TPSA) is 55.8 Å². The number of fused-ring (bicyclic) bond motifs is 1. The Balaban J connectivity index is 2.04. The lowest BCUT2D eigenvalue weighted by Gasteiger charge is -2.28. The molecule has 0 bridgehead atoms. The van der Waals surface area contributed by atoms with Crippen LogP contribution in [0.25, 0.3) is 0 Å². The van der Waals surface area contributed by atoms with Crippen molar-refractivity contribution in [2.45, 2.75) is 6.10 Å². The molecule has 94 valence electrons. The molecule has 1 atom stereocenters. The maximum absolute atomic E-state index is 11.3. The standard InChI is InChI=1S/C11H15NO4S/c1-12(17(2,13)14)7-9-8-15-10-5-3-4-6-11(10)16-9/h3-6,9H,7-8H2,1-2H3. The van der Waals surface area contributed by atoms with E-state index in [2.05, 4.69) is 0 Å². The van der Waals surface area contributed by atoms with Gasteiger partial charge in [0.15, 0.2) is 11.5 Å². The van der Waals surface area contributed by atoms with E-state index >= 15 is 0 Å². The van der Waals surface area contributed by atoms with Gasteiger partial charge in [0.2, 0.25) is 10.0 Å². The highest BCUT2D eigenvalue weighted by atomic mass is 32.2. The number of para-hydroxylation sites is 2. The van der Waals surface area contributed by atoms with Crippen LogP contribution >= 0.6 is 0 Å². The van der Waals surface area contributed by atoms with E-state index in [4.69, 9.17) is 9.47 Å². The molecule has 1 aliphatic rings. The lowest BCUT2D eigenvalue weighted by Crippen LogP contribution is -2.41. The molecular formula is C11H15NO4S. The average molecular weight is 257 g/mol. The summed E-state index contributed by atoms with van der Waals surface area (Å²) < 4.78 is 35.0. The SMILES string of the molecule is CN(CC1COc2ccccc2O1)S(C)(=O)=O. The van der Waals surface area contributed by atoms with Gasteiger partial charge < -0.3 is 9.47 Å². The van der Waals surface area contributed by atoms with Crippen LogP contribution in [0.1, 0.15) is 0 Å². The fourth-order valence-corrected chi connectivity index (χ4v) is 2.01. The second kappa shape index (κ2) is 4.54. The van der Waals surface area contributed by atoms with E-state index < -0.39 is 10.0 Å². The van der Waals surface area contributed by atoms with E-state index in [-0.39, 0.29) is 12.6 Å². The molecule has 5 nitrogen and oxygen atoms in total. The first-order valence-corrected chi connectivity index (χ1v) is 7.11. The maximum Gasteiger partial charge on any atom is 0.211 e. The molecule has 0 fully saturated rings. The molecular weight excluding hydrogens is 242 g/mol. The molecule has 0 amide bonds. The molecule has 0 saturated carbocycles. The van der Waals surface area contributed by atoms with Crippen LogP contribution in [-0.4, -0.2) is 45.3 Å². The number of ether oxygens (including phenoxy) is 2. The first kappa shape index (κ1) is 12.2. The van der Waals surface area contributed by atoms with E-state index in [0.29, 0.717) is 18.1 Å². The van der Waals surface area contributed by atoms with Crippen molar-refractivity contribution in [1.82, 2.24) is 4.31 Å². The van der Waals surface area contributed by atoms with E-state index in [1.807, 2.05) is 24.3 Å². The van der Waals surface area contributed by atoms with Gasteiger partial charge in [-0.25, -0.2) is 12.7 Å². The first-order chi connectivity index (χ1) is 7.97. The zero-order chi connectivity index (χ0) is 12.5. The van der Waals surface area contributed by atoms with Crippen LogP contribution in [0.5, 0.6) is 11.5 Å². The lowest BCUT2D eigenvalue weighted by molar-refractivity contribution is 0.0800. The minimum absolute atomic E-state index is 0.273.